The first-order valence-electron chi connectivity index (χ1n) is 25.0. The van der Waals surface area contributed by atoms with Gasteiger partial charge in [-0.3, -0.25) is 19.0 Å². The van der Waals surface area contributed by atoms with Crippen molar-refractivity contribution in [1.29, 1.82) is 10.5 Å². The van der Waals surface area contributed by atoms with E-state index in [9.17, 15) is 15.1 Å². The number of likely N-dealkylation sites (N-methyl/N-ethyl adjacent to an activating group) is 1. The van der Waals surface area contributed by atoms with Crippen molar-refractivity contribution in [3.63, 3.8) is 0 Å². The summed E-state index contributed by atoms with van der Waals surface area (Å²) in [6.45, 7) is 7.56. The van der Waals surface area contributed by atoms with Gasteiger partial charge in [0.05, 0.1) is 42.1 Å². The smallest absolute Gasteiger partial charge is 0.467 e. The molecule has 0 bridgehead atoms. The first kappa shape index (κ1) is 54.4. The lowest BCUT2D eigenvalue weighted by atomic mass is 9.91. The van der Waals surface area contributed by atoms with E-state index in [2.05, 4.69) is 39.5 Å². The number of phosphoric acid groups is 1. The third-order valence-corrected chi connectivity index (χ3v) is 14.5. The van der Waals surface area contributed by atoms with Crippen LogP contribution in [0.2, 0.25) is 5.02 Å². The van der Waals surface area contributed by atoms with Gasteiger partial charge in [0, 0.05) is 31.3 Å². The molecule has 0 saturated carbocycles. The molecule has 0 aliphatic carbocycles. The summed E-state index contributed by atoms with van der Waals surface area (Å²) >= 11 is 6.51. The third-order valence-electron chi connectivity index (χ3n) is 12.8. The number of hydrogen-bond acceptors (Lipinski definition) is 15. The van der Waals surface area contributed by atoms with Crippen molar-refractivity contribution >= 4 is 31.6 Å². The van der Waals surface area contributed by atoms with E-state index in [-0.39, 0.29) is 36.5 Å². The Kier molecular flexibility index (Phi) is 21.3. The number of aliphatic imine (C=N–C) groups is 1. The summed E-state index contributed by atoms with van der Waals surface area (Å²) in [5.41, 5.74) is -0.0829. The number of pyridine rings is 1. The first-order chi connectivity index (χ1) is 33.4. The predicted molar refractivity (Wildman–Crippen MR) is 265 cm³/mol. The summed E-state index contributed by atoms with van der Waals surface area (Å²) in [6.07, 6.45) is 23.7. The van der Waals surface area contributed by atoms with Gasteiger partial charge in [0.15, 0.2) is 5.79 Å². The highest BCUT2D eigenvalue weighted by molar-refractivity contribution is 7.49. The van der Waals surface area contributed by atoms with Crippen LogP contribution in [0.1, 0.15) is 142 Å². The van der Waals surface area contributed by atoms with Gasteiger partial charge in [-0.25, -0.2) is 4.57 Å². The largest absolute Gasteiger partial charge is 0.530 e. The Bertz CT molecular complexity index is 2170. The fourth-order valence-electron chi connectivity index (χ4n) is 9.24. The molecule has 0 amide bonds. The standard InChI is InChI=1S/C51H72ClN7O9P/c1-6-7-8-9-10-11-12-13-14-15-16-17-18-19-20-23-26-61-33-41(62-32-40-28-39(29-53)30-56-31-40)34-63-69(60,68-44-25-22-21-24-42(44)52)64-36-51(35-54)48-47(65-50(3,4)67-48)46(66-51)45-38(2)27-43-49(55-5)57-37-58-59(43)45/h21-22,24-25,27-28,30-31,37-38,41,45-48H,6-20,23,26,32-34,36H2,1-5H3/q-1/t38?,41-,45?,46+,47+,48+,51-,69?/m1/s1. The van der Waals surface area contributed by atoms with Crippen molar-refractivity contribution in [2.24, 2.45) is 16.0 Å². The number of rotatable bonds is 31. The average Bonchev–Trinajstić information content (AvgIpc) is 3.96. The molecule has 4 aliphatic rings. The second-order valence-electron chi connectivity index (χ2n) is 18.8. The zero-order chi connectivity index (χ0) is 49.1. The molecule has 0 spiro atoms. The highest BCUT2D eigenvalue weighted by atomic mass is 35.5. The minimum atomic E-state index is -4.65. The quantitative estimate of drug-likeness (QED) is 0.0512. The number of para-hydroxylation sites is 1. The summed E-state index contributed by atoms with van der Waals surface area (Å²) in [4.78, 5) is 8.47. The van der Waals surface area contributed by atoms with E-state index in [1.165, 1.54) is 102 Å². The van der Waals surface area contributed by atoms with Gasteiger partial charge in [-0.05, 0) is 49.9 Å². The van der Waals surface area contributed by atoms with Crippen molar-refractivity contribution in [3.05, 3.63) is 76.0 Å². The molecule has 6 rings (SSSR count). The molecule has 2 saturated heterocycles. The third kappa shape index (κ3) is 15.5. The molecule has 3 unspecified atom stereocenters. The van der Waals surface area contributed by atoms with E-state index in [1.54, 1.807) is 56.4 Å². The van der Waals surface area contributed by atoms with E-state index in [1.807, 2.05) is 13.0 Å². The number of ether oxygens (including phenoxy) is 5. The molecule has 4 aliphatic heterocycles. The minimum Gasteiger partial charge on any atom is -0.467 e. The Morgan fingerprint density at radius 1 is 0.899 bits per heavy atom. The van der Waals surface area contributed by atoms with Gasteiger partial charge in [0.2, 0.25) is 5.60 Å². The zero-order valence-corrected chi connectivity index (χ0v) is 42.8. The maximum atomic E-state index is 15.0. The molecular formula is C51H72ClN7O9P-. The van der Waals surface area contributed by atoms with Crippen LogP contribution in [-0.2, 0) is 43.9 Å². The van der Waals surface area contributed by atoms with Crippen LogP contribution in [-0.4, -0.2) is 97.5 Å². The number of aromatic nitrogens is 1. The molecule has 8 atom stereocenters. The van der Waals surface area contributed by atoms with Crippen LogP contribution in [0.3, 0.4) is 0 Å². The van der Waals surface area contributed by atoms with Crippen molar-refractivity contribution < 1.29 is 41.8 Å². The van der Waals surface area contributed by atoms with Crippen molar-refractivity contribution in [3.8, 4) is 17.9 Å². The van der Waals surface area contributed by atoms with Gasteiger partial charge in [-0.1, -0.05) is 147 Å². The van der Waals surface area contributed by atoms with Crippen molar-refractivity contribution in [2.75, 3.05) is 33.5 Å². The second-order valence-corrected chi connectivity index (χ2v) is 20.8. The van der Waals surface area contributed by atoms with Gasteiger partial charge in [0.25, 0.3) is 0 Å². The summed E-state index contributed by atoms with van der Waals surface area (Å²) in [5.74, 6) is -0.672. The summed E-state index contributed by atoms with van der Waals surface area (Å²) < 4.78 is 65.1. The van der Waals surface area contributed by atoms with Crippen LogP contribution in [0.15, 0.2) is 64.6 Å². The average molecular weight is 994 g/mol. The number of unbranched alkanes of at least 4 members (excludes halogenated alkanes) is 15. The number of hydrogen-bond donors (Lipinski definition) is 0. The number of phosphoric ester groups is 1. The lowest BCUT2D eigenvalue weighted by Gasteiger charge is -2.37. The molecule has 2 aromatic rings. The fraction of sp³-hybridized carbons (Fsp3) is 0.667. The molecular weight excluding hydrogens is 921 g/mol. The fourth-order valence-corrected chi connectivity index (χ4v) is 10.7. The van der Waals surface area contributed by atoms with E-state index in [0.29, 0.717) is 29.3 Å². The molecule has 1 aromatic carbocycles. The molecule has 16 nitrogen and oxygen atoms in total. The number of fused-ring (bicyclic) bond motifs is 2. The van der Waals surface area contributed by atoms with Crippen LogP contribution in [0.25, 0.3) is 5.32 Å². The lowest BCUT2D eigenvalue weighted by Crippen LogP contribution is -2.48. The van der Waals surface area contributed by atoms with E-state index >= 15 is 0 Å². The molecule has 0 radical (unpaired) electrons. The highest BCUT2D eigenvalue weighted by Gasteiger charge is 2.67. The molecule has 5 heterocycles. The first-order valence-corrected chi connectivity index (χ1v) is 26.8. The SMILES string of the molecule is CCCCCCCCCCCCCCCCCCOC[C@H](COP(=O)(OC[C@@]1(C#N)O[C@@H](C2C(C)C=C3C([N-]C)=NC=NN32)[C@@H]2OC(C)(C)O[C@@H]21)Oc1ccccc1Cl)OCc1cncc(C#N)c1. The van der Waals surface area contributed by atoms with E-state index in [4.69, 9.17) is 48.9 Å². The van der Waals surface area contributed by atoms with Gasteiger partial charge >= 0.3 is 7.82 Å². The zero-order valence-electron chi connectivity index (χ0n) is 41.1. The molecule has 1 aromatic heterocycles. The number of amidine groups is 1. The summed E-state index contributed by atoms with van der Waals surface area (Å²) in [5, 5.41) is 31.3. The number of hydrazone groups is 1. The van der Waals surface area contributed by atoms with Crippen molar-refractivity contribution in [1.82, 2.24) is 9.99 Å². The lowest BCUT2D eigenvalue weighted by molar-refractivity contribution is -0.209. The van der Waals surface area contributed by atoms with Gasteiger partial charge in [-0.15, -0.1) is 0 Å². The Balaban J connectivity index is 1.07. The Hall–Kier alpha value is -3.93. The molecule has 0 N–H and O–H groups in total. The van der Waals surface area contributed by atoms with Gasteiger partial charge < -0.3 is 38.5 Å². The molecule has 69 heavy (non-hydrogen) atoms. The maximum Gasteiger partial charge on any atom is 0.530 e. The summed E-state index contributed by atoms with van der Waals surface area (Å²) in [6, 6.07) is 12.1. The highest BCUT2D eigenvalue weighted by Crippen LogP contribution is 2.54. The number of benzene rings is 1. The second kappa shape index (κ2) is 27.0. The van der Waals surface area contributed by atoms with Crippen LogP contribution in [0.4, 0.5) is 0 Å². The normalized spacial score (nSPS) is 24.7. The summed E-state index contributed by atoms with van der Waals surface area (Å²) in [7, 11) is -2.99. The van der Waals surface area contributed by atoms with Crippen LogP contribution >= 0.6 is 19.4 Å². The van der Waals surface area contributed by atoms with Gasteiger partial charge in [-0.2, -0.15) is 15.6 Å². The predicted octanol–water partition coefficient (Wildman–Crippen LogP) is 11.7. The number of nitriles is 2. The van der Waals surface area contributed by atoms with Crippen LogP contribution < -0.4 is 4.52 Å². The van der Waals surface area contributed by atoms with E-state index in [0.717, 1.165) is 19.3 Å². The maximum absolute atomic E-state index is 15.0. The molecule has 2 fully saturated rings. The minimum absolute atomic E-state index is 0.0370. The monoisotopic (exact) mass is 992 g/mol. The number of halogens is 1. The van der Waals surface area contributed by atoms with Crippen LogP contribution in [0, 0.1) is 28.6 Å². The molecule has 378 valence electrons. The Morgan fingerprint density at radius 3 is 2.23 bits per heavy atom. The van der Waals surface area contributed by atoms with Gasteiger partial charge in [0.1, 0.15) is 48.9 Å². The molecule has 18 heteroatoms. The Morgan fingerprint density at radius 2 is 1.58 bits per heavy atom. The number of nitrogens with zero attached hydrogens (tertiary/aromatic N) is 7. The van der Waals surface area contributed by atoms with Crippen molar-refractivity contribution in [2.45, 2.75) is 179 Å². The Labute approximate surface area is 414 Å². The topological polar surface area (TPSA) is 193 Å². The van der Waals surface area contributed by atoms with Crippen LogP contribution in [0.5, 0.6) is 5.75 Å². The van der Waals surface area contributed by atoms with E-state index < -0.39 is 56.3 Å².